The Kier molecular flexibility index (Phi) is 6.99. The van der Waals surface area contributed by atoms with Crippen LogP contribution in [-0.4, -0.2) is 54.7 Å². The zero-order valence-electron chi connectivity index (χ0n) is 12.1. The topological polar surface area (TPSA) is 39.3 Å². The zero-order chi connectivity index (χ0) is 12.8. The van der Waals surface area contributed by atoms with E-state index in [9.17, 15) is 0 Å². The van der Waals surface area contributed by atoms with Gasteiger partial charge in [-0.3, -0.25) is 4.57 Å². The van der Waals surface area contributed by atoms with Crippen LogP contribution in [-0.2, 0) is 0 Å². The summed E-state index contributed by atoms with van der Waals surface area (Å²) < 4.78 is 2.40. The number of hydrogen-bond acceptors (Lipinski definition) is 4. The first-order chi connectivity index (χ1) is 7.31. The lowest BCUT2D eigenvalue weighted by atomic mass is 10.8. The molecule has 0 fully saturated rings. The van der Waals surface area contributed by atoms with Crippen LogP contribution in [0.4, 0.5) is 0 Å². The van der Waals surface area contributed by atoms with E-state index in [1.807, 2.05) is 0 Å². The molecule has 1 atom stereocenters. The van der Waals surface area contributed by atoms with Gasteiger partial charge in [-0.2, -0.15) is 0 Å². The Bertz CT molecular complexity index is 196. The van der Waals surface area contributed by atoms with E-state index in [4.69, 9.17) is 0 Å². The first-order valence-electron chi connectivity index (χ1n) is 6.21. The third-order valence-electron chi connectivity index (χ3n) is 2.72. The molecule has 0 heterocycles. The minimum atomic E-state index is -1.86. The molecule has 0 rings (SSSR count). The molecule has 98 valence electrons. The standard InChI is InChI=1S/C10H30N4Si2/c1-8-12-16(11-3,14(4)9-2)13-10-15(5,6)7/h11-13H,8-10H2,1-7H3. The Morgan fingerprint density at radius 3 is 1.94 bits per heavy atom. The van der Waals surface area contributed by atoms with Crippen LogP contribution in [0.15, 0.2) is 0 Å². The van der Waals surface area contributed by atoms with Crippen LogP contribution < -0.4 is 14.9 Å². The van der Waals surface area contributed by atoms with E-state index < -0.39 is 16.8 Å². The zero-order valence-corrected chi connectivity index (χ0v) is 14.1. The van der Waals surface area contributed by atoms with Crippen molar-refractivity contribution in [3.8, 4) is 0 Å². The van der Waals surface area contributed by atoms with Crippen molar-refractivity contribution in [3.63, 3.8) is 0 Å². The van der Waals surface area contributed by atoms with Crippen LogP contribution in [0.2, 0.25) is 19.6 Å². The molecule has 0 aliphatic carbocycles. The van der Waals surface area contributed by atoms with Gasteiger partial charge in [0.15, 0.2) is 0 Å². The Labute approximate surface area is 104 Å². The van der Waals surface area contributed by atoms with Gasteiger partial charge in [0.25, 0.3) is 0 Å². The maximum absolute atomic E-state index is 3.78. The van der Waals surface area contributed by atoms with E-state index in [1.54, 1.807) is 0 Å². The molecule has 4 nitrogen and oxygen atoms in total. The van der Waals surface area contributed by atoms with Gasteiger partial charge >= 0.3 is 8.72 Å². The maximum Gasteiger partial charge on any atom is 0.368 e. The van der Waals surface area contributed by atoms with E-state index in [0.717, 1.165) is 19.3 Å². The number of nitrogens with zero attached hydrogens (tertiary/aromatic N) is 1. The summed E-state index contributed by atoms with van der Waals surface area (Å²) >= 11 is 0. The van der Waals surface area contributed by atoms with Gasteiger partial charge in [0.2, 0.25) is 0 Å². The Morgan fingerprint density at radius 2 is 1.62 bits per heavy atom. The summed E-state index contributed by atoms with van der Waals surface area (Å²) in [6.45, 7) is 13.6. The van der Waals surface area contributed by atoms with Gasteiger partial charge in [0.1, 0.15) is 0 Å². The van der Waals surface area contributed by atoms with Crippen molar-refractivity contribution in [3.05, 3.63) is 0 Å². The normalized spacial score (nSPS) is 16.5. The van der Waals surface area contributed by atoms with Crippen LogP contribution in [0.1, 0.15) is 13.8 Å². The quantitative estimate of drug-likeness (QED) is 0.562. The molecule has 3 N–H and O–H groups in total. The average Bonchev–Trinajstić information content (AvgIpc) is 2.22. The summed E-state index contributed by atoms with van der Waals surface area (Å²) in [6, 6.07) is 0. The first-order valence-corrected chi connectivity index (χ1v) is 11.9. The molecular weight excluding hydrogens is 232 g/mol. The SMILES string of the molecule is CCN[Si](NC)(NC[Si](C)(C)C)N(C)CC. The van der Waals surface area contributed by atoms with Gasteiger partial charge in [-0.15, -0.1) is 0 Å². The van der Waals surface area contributed by atoms with Crippen molar-refractivity contribution in [2.45, 2.75) is 33.5 Å². The largest absolute Gasteiger partial charge is 0.368 e. The lowest BCUT2D eigenvalue weighted by Crippen LogP contribution is -2.81. The predicted molar refractivity (Wildman–Crippen MR) is 78.1 cm³/mol. The molecule has 0 aliphatic heterocycles. The van der Waals surface area contributed by atoms with Gasteiger partial charge < -0.3 is 14.9 Å². The third-order valence-corrected chi connectivity index (χ3v) is 8.05. The predicted octanol–water partition coefficient (Wildman–Crippen LogP) is 0.670. The van der Waals surface area contributed by atoms with Crippen molar-refractivity contribution >= 4 is 16.8 Å². The molecule has 0 aromatic rings. The Morgan fingerprint density at radius 1 is 1.06 bits per heavy atom. The van der Waals surface area contributed by atoms with Gasteiger partial charge in [-0.1, -0.05) is 33.5 Å². The molecule has 6 heteroatoms. The first kappa shape index (κ1) is 16.3. The molecule has 16 heavy (non-hydrogen) atoms. The second-order valence-electron chi connectivity index (χ2n) is 5.42. The minimum absolute atomic E-state index is 0.996. The monoisotopic (exact) mass is 262 g/mol. The highest BCUT2D eigenvalue weighted by molar-refractivity contribution is 6.78. The van der Waals surface area contributed by atoms with Gasteiger partial charge in [-0.05, 0) is 33.4 Å². The molecule has 0 amide bonds. The van der Waals surface area contributed by atoms with Crippen molar-refractivity contribution in [1.82, 2.24) is 19.5 Å². The molecule has 0 bridgehead atoms. The van der Waals surface area contributed by atoms with Crippen LogP contribution in [0.5, 0.6) is 0 Å². The van der Waals surface area contributed by atoms with Crippen LogP contribution >= 0.6 is 0 Å². The molecule has 0 saturated carbocycles. The third kappa shape index (κ3) is 5.07. The summed E-state index contributed by atoms with van der Waals surface area (Å²) in [4.78, 5) is 10.9. The van der Waals surface area contributed by atoms with Crippen LogP contribution in [0.3, 0.4) is 0 Å². The van der Waals surface area contributed by atoms with Crippen molar-refractivity contribution in [2.75, 3.05) is 33.4 Å². The second kappa shape index (κ2) is 6.88. The highest BCUT2D eigenvalue weighted by atomic mass is 28.4. The van der Waals surface area contributed by atoms with E-state index in [1.165, 1.54) is 0 Å². The van der Waals surface area contributed by atoms with E-state index in [2.05, 4.69) is 67.1 Å². The Balaban J connectivity index is 4.63. The smallest absolute Gasteiger partial charge is 0.303 e. The van der Waals surface area contributed by atoms with E-state index >= 15 is 0 Å². The fraction of sp³-hybridized carbons (Fsp3) is 1.00. The lowest BCUT2D eigenvalue weighted by Gasteiger charge is -2.40. The molecule has 0 radical (unpaired) electrons. The summed E-state index contributed by atoms with van der Waals surface area (Å²) in [6.07, 6.45) is 1.15. The fourth-order valence-electron chi connectivity index (χ4n) is 1.59. The van der Waals surface area contributed by atoms with Crippen LogP contribution in [0.25, 0.3) is 0 Å². The summed E-state index contributed by atoms with van der Waals surface area (Å²) in [5.74, 6) is 0. The maximum atomic E-state index is 3.78. The highest BCUT2D eigenvalue weighted by Gasteiger charge is 2.37. The van der Waals surface area contributed by atoms with Gasteiger partial charge in [0.05, 0.1) is 8.07 Å². The van der Waals surface area contributed by atoms with Gasteiger partial charge in [0, 0.05) is 0 Å². The number of hydrogen-bond donors (Lipinski definition) is 3. The Hall–Kier alpha value is 0.274. The minimum Gasteiger partial charge on any atom is -0.303 e. The summed E-state index contributed by atoms with van der Waals surface area (Å²) in [5.41, 5.74) is 0. The van der Waals surface area contributed by atoms with Crippen molar-refractivity contribution in [1.29, 1.82) is 0 Å². The lowest BCUT2D eigenvalue weighted by molar-refractivity contribution is 0.478. The molecule has 0 aliphatic rings. The van der Waals surface area contributed by atoms with E-state index in [-0.39, 0.29) is 0 Å². The molecule has 0 aromatic carbocycles. The summed E-state index contributed by atoms with van der Waals surface area (Å²) in [7, 11) is 1.32. The molecule has 0 aromatic heterocycles. The average molecular weight is 263 g/mol. The molecular formula is C10H30N4Si2. The van der Waals surface area contributed by atoms with Crippen molar-refractivity contribution in [2.24, 2.45) is 0 Å². The van der Waals surface area contributed by atoms with Crippen LogP contribution in [0, 0.1) is 0 Å². The summed E-state index contributed by atoms with van der Waals surface area (Å²) in [5, 5.41) is 0. The molecule has 0 spiro atoms. The number of nitrogens with one attached hydrogen (secondary N) is 3. The number of rotatable bonds is 8. The highest BCUT2D eigenvalue weighted by Crippen LogP contribution is 2.01. The second-order valence-corrected chi connectivity index (χ2v) is 14.3. The molecule has 1 unspecified atom stereocenters. The molecule has 0 saturated heterocycles. The van der Waals surface area contributed by atoms with Crippen molar-refractivity contribution < 1.29 is 0 Å². The van der Waals surface area contributed by atoms with Gasteiger partial charge in [-0.25, -0.2) is 0 Å². The fourth-order valence-corrected chi connectivity index (χ4v) is 7.12. The van der Waals surface area contributed by atoms with E-state index in [0.29, 0.717) is 0 Å².